The van der Waals surface area contributed by atoms with Gasteiger partial charge in [-0.25, -0.2) is 4.79 Å². The summed E-state index contributed by atoms with van der Waals surface area (Å²) in [5.41, 5.74) is 1.25. The molecule has 1 aromatic rings. The van der Waals surface area contributed by atoms with Crippen molar-refractivity contribution < 1.29 is 14.4 Å². The second-order valence-corrected chi connectivity index (χ2v) is 6.61. The highest BCUT2D eigenvalue weighted by molar-refractivity contribution is 6.09. The lowest BCUT2D eigenvalue weighted by atomic mass is 9.88. The number of carbonyl (C=O) groups is 3. The summed E-state index contributed by atoms with van der Waals surface area (Å²) in [6.45, 7) is 6.07. The van der Waals surface area contributed by atoms with Crippen LogP contribution in [-0.4, -0.2) is 34.8 Å². The number of nitrogens with zero attached hydrogens (tertiary/aromatic N) is 1. The zero-order chi connectivity index (χ0) is 18.4. The molecule has 136 valence electrons. The number of nitrogens with one attached hydrogen (secondary N) is 2. The van der Waals surface area contributed by atoms with E-state index in [4.69, 9.17) is 0 Å². The molecule has 4 amide bonds. The van der Waals surface area contributed by atoms with E-state index in [0.29, 0.717) is 19.4 Å². The molecule has 0 spiro atoms. The Morgan fingerprint density at radius 3 is 2.40 bits per heavy atom. The van der Waals surface area contributed by atoms with Gasteiger partial charge in [-0.2, -0.15) is 0 Å². The van der Waals surface area contributed by atoms with E-state index in [9.17, 15) is 14.4 Å². The third kappa shape index (κ3) is 4.18. The zero-order valence-electron chi connectivity index (χ0n) is 15.2. The van der Waals surface area contributed by atoms with Crippen LogP contribution in [0.3, 0.4) is 0 Å². The number of carbonyl (C=O) groups excluding carboxylic acids is 3. The first kappa shape index (κ1) is 19.0. The molecule has 1 heterocycles. The highest BCUT2D eigenvalue weighted by Crippen LogP contribution is 2.27. The van der Waals surface area contributed by atoms with Crippen molar-refractivity contribution in [1.29, 1.82) is 0 Å². The highest BCUT2D eigenvalue weighted by atomic mass is 16.2. The van der Waals surface area contributed by atoms with Crippen molar-refractivity contribution >= 4 is 17.8 Å². The van der Waals surface area contributed by atoms with Crippen LogP contribution in [-0.2, 0) is 16.1 Å². The van der Waals surface area contributed by atoms with Gasteiger partial charge in [0.05, 0.1) is 0 Å². The fourth-order valence-electron chi connectivity index (χ4n) is 3.34. The number of urea groups is 1. The summed E-state index contributed by atoms with van der Waals surface area (Å²) in [5, 5.41) is 5.60. The highest BCUT2D eigenvalue weighted by Gasteiger charge is 2.50. The first-order valence-electron chi connectivity index (χ1n) is 8.89. The van der Waals surface area contributed by atoms with Gasteiger partial charge in [0, 0.05) is 6.54 Å². The second-order valence-electron chi connectivity index (χ2n) is 6.61. The van der Waals surface area contributed by atoms with E-state index >= 15 is 0 Å². The molecular weight excluding hydrogens is 318 g/mol. The SMILES string of the molecule is CCCC1(CCC)NC(=O)N(CC(=O)NCc2ccccc2C)C1=O. The summed E-state index contributed by atoms with van der Waals surface area (Å²) >= 11 is 0. The third-order valence-electron chi connectivity index (χ3n) is 4.64. The Morgan fingerprint density at radius 2 is 1.80 bits per heavy atom. The minimum atomic E-state index is -0.850. The molecule has 1 saturated heterocycles. The van der Waals surface area contributed by atoms with Crippen LogP contribution in [0, 0.1) is 6.92 Å². The van der Waals surface area contributed by atoms with Crippen molar-refractivity contribution in [1.82, 2.24) is 15.5 Å². The lowest BCUT2D eigenvalue weighted by Crippen LogP contribution is -2.47. The Kier molecular flexibility index (Phi) is 6.17. The van der Waals surface area contributed by atoms with Crippen LogP contribution in [0.4, 0.5) is 4.79 Å². The van der Waals surface area contributed by atoms with Crippen LogP contribution in [0.2, 0.25) is 0 Å². The van der Waals surface area contributed by atoms with Crippen molar-refractivity contribution in [3.8, 4) is 0 Å². The van der Waals surface area contributed by atoms with Gasteiger partial charge in [-0.3, -0.25) is 14.5 Å². The average molecular weight is 345 g/mol. The first-order chi connectivity index (χ1) is 11.9. The van der Waals surface area contributed by atoms with E-state index in [1.165, 1.54) is 0 Å². The maximum absolute atomic E-state index is 12.7. The standard InChI is InChI=1S/C19H27N3O3/c1-4-10-19(11-5-2)17(24)22(18(25)21-19)13-16(23)20-12-15-9-7-6-8-14(15)3/h6-9H,4-5,10-13H2,1-3H3,(H,20,23)(H,21,25). The molecule has 0 atom stereocenters. The van der Waals surface area contributed by atoms with Gasteiger partial charge in [0.25, 0.3) is 5.91 Å². The summed E-state index contributed by atoms with van der Waals surface area (Å²) in [4.78, 5) is 38.2. The van der Waals surface area contributed by atoms with Crippen LogP contribution in [0.25, 0.3) is 0 Å². The minimum Gasteiger partial charge on any atom is -0.350 e. The lowest BCUT2D eigenvalue weighted by molar-refractivity contribution is -0.135. The van der Waals surface area contributed by atoms with Gasteiger partial charge >= 0.3 is 6.03 Å². The molecule has 2 rings (SSSR count). The van der Waals surface area contributed by atoms with E-state index in [2.05, 4.69) is 10.6 Å². The minimum absolute atomic E-state index is 0.244. The number of amides is 4. The van der Waals surface area contributed by atoms with E-state index in [-0.39, 0.29) is 18.4 Å². The average Bonchev–Trinajstić information content (AvgIpc) is 2.79. The van der Waals surface area contributed by atoms with E-state index < -0.39 is 11.6 Å². The number of aryl methyl sites for hydroxylation is 1. The Balaban J connectivity index is 1.99. The molecular formula is C19H27N3O3. The van der Waals surface area contributed by atoms with Gasteiger partial charge in [-0.1, -0.05) is 51.0 Å². The molecule has 1 aromatic carbocycles. The summed E-state index contributed by atoms with van der Waals surface area (Å²) in [7, 11) is 0. The van der Waals surface area contributed by atoms with Gasteiger partial charge in [0.2, 0.25) is 5.91 Å². The van der Waals surface area contributed by atoms with Crippen LogP contribution in [0.5, 0.6) is 0 Å². The number of imide groups is 1. The Labute approximate surface area is 149 Å². The molecule has 0 bridgehead atoms. The monoisotopic (exact) mass is 345 g/mol. The van der Waals surface area contributed by atoms with Crippen molar-refractivity contribution in [2.45, 2.75) is 58.5 Å². The molecule has 0 radical (unpaired) electrons. The summed E-state index contributed by atoms with van der Waals surface area (Å²) < 4.78 is 0. The van der Waals surface area contributed by atoms with Gasteiger partial charge in [0.15, 0.2) is 0 Å². The first-order valence-corrected chi connectivity index (χ1v) is 8.89. The summed E-state index contributed by atoms with van der Waals surface area (Å²) in [6, 6.07) is 7.29. The molecule has 2 N–H and O–H groups in total. The number of hydrogen-bond acceptors (Lipinski definition) is 3. The second kappa shape index (κ2) is 8.14. The predicted octanol–water partition coefficient (Wildman–Crippen LogP) is 2.50. The molecule has 6 nitrogen and oxygen atoms in total. The van der Waals surface area contributed by atoms with Gasteiger partial charge in [0.1, 0.15) is 12.1 Å². The fourth-order valence-corrected chi connectivity index (χ4v) is 3.34. The smallest absolute Gasteiger partial charge is 0.325 e. The maximum atomic E-state index is 12.7. The Bertz CT molecular complexity index is 651. The molecule has 0 unspecified atom stereocenters. The molecule has 6 heteroatoms. The predicted molar refractivity (Wildman–Crippen MR) is 95.8 cm³/mol. The third-order valence-corrected chi connectivity index (χ3v) is 4.64. The quantitative estimate of drug-likeness (QED) is 0.711. The van der Waals surface area contributed by atoms with Crippen molar-refractivity contribution in [3.05, 3.63) is 35.4 Å². The van der Waals surface area contributed by atoms with Crippen molar-refractivity contribution in [3.63, 3.8) is 0 Å². The molecule has 0 aromatic heterocycles. The topological polar surface area (TPSA) is 78.5 Å². The maximum Gasteiger partial charge on any atom is 0.325 e. The van der Waals surface area contributed by atoms with E-state index in [1.54, 1.807) is 0 Å². The van der Waals surface area contributed by atoms with E-state index in [1.807, 2.05) is 45.0 Å². The van der Waals surface area contributed by atoms with Crippen LogP contribution < -0.4 is 10.6 Å². The largest absolute Gasteiger partial charge is 0.350 e. The molecule has 1 aliphatic heterocycles. The summed E-state index contributed by atoms with van der Waals surface area (Å²) in [6.07, 6.45) is 2.76. The van der Waals surface area contributed by atoms with Crippen molar-refractivity contribution in [2.24, 2.45) is 0 Å². The molecule has 25 heavy (non-hydrogen) atoms. The number of rotatable bonds is 8. The molecule has 0 aliphatic carbocycles. The van der Waals surface area contributed by atoms with Crippen LogP contribution >= 0.6 is 0 Å². The molecule has 1 aliphatic rings. The van der Waals surface area contributed by atoms with Gasteiger partial charge < -0.3 is 10.6 Å². The molecule has 1 fully saturated rings. The molecule has 0 saturated carbocycles. The van der Waals surface area contributed by atoms with Gasteiger partial charge in [-0.15, -0.1) is 0 Å². The van der Waals surface area contributed by atoms with Crippen LogP contribution in [0.15, 0.2) is 24.3 Å². The Morgan fingerprint density at radius 1 is 1.16 bits per heavy atom. The number of hydrogen-bond donors (Lipinski definition) is 2. The Hall–Kier alpha value is -2.37. The summed E-state index contributed by atoms with van der Waals surface area (Å²) in [5.74, 6) is -0.622. The zero-order valence-corrected chi connectivity index (χ0v) is 15.2. The fraction of sp³-hybridized carbons (Fsp3) is 0.526. The van der Waals surface area contributed by atoms with Crippen LogP contribution in [0.1, 0.15) is 50.7 Å². The van der Waals surface area contributed by atoms with E-state index in [0.717, 1.165) is 28.9 Å². The lowest BCUT2D eigenvalue weighted by Gasteiger charge is -2.25. The van der Waals surface area contributed by atoms with Crippen molar-refractivity contribution in [2.75, 3.05) is 6.54 Å². The normalized spacial score (nSPS) is 16.0. The van der Waals surface area contributed by atoms with Gasteiger partial charge in [-0.05, 0) is 30.9 Å². The number of benzene rings is 1.